The highest BCUT2D eigenvalue weighted by Crippen LogP contribution is 2.19. The first-order chi connectivity index (χ1) is 14.3. The number of aromatic nitrogens is 1. The molecule has 0 aliphatic carbocycles. The van der Waals surface area contributed by atoms with Crippen molar-refractivity contribution in [3.63, 3.8) is 0 Å². The summed E-state index contributed by atoms with van der Waals surface area (Å²) in [6.07, 6.45) is 1.96. The van der Waals surface area contributed by atoms with Gasteiger partial charge in [0, 0.05) is 12.8 Å². The second-order valence-electron chi connectivity index (χ2n) is 6.67. The number of carbonyl (C=O) groups excluding carboxylic acids is 1. The lowest BCUT2D eigenvalue weighted by Gasteiger charge is -2.13. The number of hydrogen-bond donors (Lipinski definition) is 2. The van der Waals surface area contributed by atoms with Gasteiger partial charge in [-0.2, -0.15) is 0 Å². The molecule has 1 aromatic carbocycles. The number of aliphatic hydroxyl groups excluding tert-OH is 1. The molecule has 0 bridgehead atoms. The van der Waals surface area contributed by atoms with E-state index in [1.165, 1.54) is 12.3 Å². The minimum atomic E-state index is -4.06. The lowest BCUT2D eigenvalue weighted by atomic mass is 10.1. The average Bonchev–Trinajstić information content (AvgIpc) is 2.72. The number of ether oxygens (including phenoxy) is 2. The normalized spacial score (nSPS) is 12.4. The number of benzene rings is 1. The van der Waals surface area contributed by atoms with Gasteiger partial charge in [0.05, 0.1) is 36.3 Å². The van der Waals surface area contributed by atoms with Crippen LogP contribution in [0.4, 0.5) is 0 Å². The summed E-state index contributed by atoms with van der Waals surface area (Å²) < 4.78 is 37.3. The van der Waals surface area contributed by atoms with Crippen molar-refractivity contribution in [3.05, 3.63) is 59.4 Å². The Labute approximate surface area is 177 Å². The Bertz CT molecular complexity index is 898. The smallest absolute Gasteiger partial charge is 0.266 e. The molecular formula is C21H28N2O6S. The van der Waals surface area contributed by atoms with E-state index in [-0.39, 0.29) is 5.56 Å². The van der Waals surface area contributed by atoms with Gasteiger partial charge in [-0.05, 0) is 43.2 Å². The number of unbranched alkanes of at least 4 members (excludes halogenated alkanes) is 1. The van der Waals surface area contributed by atoms with Gasteiger partial charge in [-0.15, -0.1) is 0 Å². The van der Waals surface area contributed by atoms with Crippen LogP contribution < -0.4 is 9.46 Å². The summed E-state index contributed by atoms with van der Waals surface area (Å²) in [5.74, 6) is -0.807. The molecule has 2 aromatic rings. The van der Waals surface area contributed by atoms with Crippen LogP contribution >= 0.6 is 0 Å². The lowest BCUT2D eigenvalue weighted by Crippen LogP contribution is -2.34. The van der Waals surface area contributed by atoms with Crippen LogP contribution in [0, 0.1) is 0 Å². The maximum Gasteiger partial charge on any atom is 0.266 e. The highest BCUT2D eigenvalue weighted by molar-refractivity contribution is 7.90. The molecule has 2 rings (SSSR count). The van der Waals surface area contributed by atoms with Crippen molar-refractivity contribution in [2.75, 3.05) is 19.0 Å². The standard InChI is InChI=1S/C21H28N2O6S/c1-3-5-12-29-19-10-7-16(8-11-19)20(24)15-30(26,27)23-21(25)17-6-9-18(22-13-17)14-28-4-2/h6-11,13,20,24H,3-5,12,14-15H2,1-2H3,(H,23,25). The number of aliphatic hydroxyl groups is 1. The minimum Gasteiger partial charge on any atom is -0.494 e. The fraction of sp³-hybridized carbons (Fsp3) is 0.429. The van der Waals surface area contributed by atoms with Crippen molar-refractivity contribution < 1.29 is 27.8 Å². The first-order valence-corrected chi connectivity index (χ1v) is 11.5. The Hall–Kier alpha value is -2.49. The Morgan fingerprint density at radius 1 is 1.17 bits per heavy atom. The maximum atomic E-state index is 12.3. The summed E-state index contributed by atoms with van der Waals surface area (Å²) >= 11 is 0. The van der Waals surface area contributed by atoms with Gasteiger partial charge < -0.3 is 14.6 Å². The highest BCUT2D eigenvalue weighted by atomic mass is 32.2. The van der Waals surface area contributed by atoms with E-state index in [1.54, 1.807) is 30.3 Å². The summed E-state index contributed by atoms with van der Waals surface area (Å²) in [6, 6.07) is 9.62. The van der Waals surface area contributed by atoms with E-state index in [4.69, 9.17) is 9.47 Å². The van der Waals surface area contributed by atoms with Gasteiger partial charge in [0.25, 0.3) is 5.91 Å². The third-order valence-corrected chi connectivity index (χ3v) is 5.45. The molecule has 0 saturated heterocycles. The second-order valence-corrected chi connectivity index (χ2v) is 8.44. The van der Waals surface area contributed by atoms with Crippen LogP contribution in [-0.2, 0) is 21.4 Å². The van der Waals surface area contributed by atoms with Gasteiger partial charge in [-0.1, -0.05) is 25.5 Å². The molecule has 164 valence electrons. The number of sulfonamides is 1. The predicted octanol–water partition coefficient (Wildman–Crippen LogP) is 2.59. The zero-order chi connectivity index (χ0) is 22.0. The van der Waals surface area contributed by atoms with E-state index < -0.39 is 27.8 Å². The monoisotopic (exact) mass is 436 g/mol. The molecule has 0 saturated carbocycles. The summed E-state index contributed by atoms with van der Waals surface area (Å²) in [7, 11) is -4.06. The van der Waals surface area contributed by atoms with E-state index in [2.05, 4.69) is 11.9 Å². The zero-order valence-corrected chi connectivity index (χ0v) is 18.0. The fourth-order valence-corrected chi connectivity index (χ4v) is 3.61. The van der Waals surface area contributed by atoms with Crippen LogP contribution in [-0.4, -0.2) is 43.4 Å². The first-order valence-electron chi connectivity index (χ1n) is 9.83. The van der Waals surface area contributed by atoms with Crippen molar-refractivity contribution in [3.8, 4) is 5.75 Å². The molecule has 0 spiro atoms. The van der Waals surface area contributed by atoms with Crippen molar-refractivity contribution in [2.45, 2.75) is 39.4 Å². The van der Waals surface area contributed by atoms with E-state index in [0.29, 0.717) is 36.8 Å². The Kier molecular flexibility index (Phi) is 9.22. The van der Waals surface area contributed by atoms with Crippen LogP contribution in [0.5, 0.6) is 5.75 Å². The Morgan fingerprint density at radius 3 is 2.50 bits per heavy atom. The quantitative estimate of drug-likeness (QED) is 0.492. The summed E-state index contributed by atoms with van der Waals surface area (Å²) in [5.41, 5.74) is 1.15. The molecule has 1 atom stereocenters. The predicted molar refractivity (Wildman–Crippen MR) is 113 cm³/mol. The van der Waals surface area contributed by atoms with Gasteiger partial charge in [-0.3, -0.25) is 9.78 Å². The van der Waals surface area contributed by atoms with Crippen molar-refractivity contribution in [1.82, 2.24) is 9.71 Å². The van der Waals surface area contributed by atoms with Gasteiger partial charge in [0.15, 0.2) is 0 Å². The van der Waals surface area contributed by atoms with Gasteiger partial charge in [0.1, 0.15) is 5.75 Å². The molecule has 1 unspecified atom stereocenters. The minimum absolute atomic E-state index is 0.0990. The number of pyridine rings is 1. The van der Waals surface area contributed by atoms with Crippen molar-refractivity contribution in [1.29, 1.82) is 0 Å². The molecule has 0 aliphatic rings. The average molecular weight is 437 g/mol. The maximum absolute atomic E-state index is 12.3. The summed E-state index contributed by atoms with van der Waals surface area (Å²) in [4.78, 5) is 16.3. The van der Waals surface area contributed by atoms with E-state index in [0.717, 1.165) is 12.8 Å². The van der Waals surface area contributed by atoms with Crippen LogP contribution in [0.15, 0.2) is 42.6 Å². The molecule has 1 amide bonds. The van der Waals surface area contributed by atoms with Crippen molar-refractivity contribution in [2.24, 2.45) is 0 Å². The molecule has 0 radical (unpaired) electrons. The van der Waals surface area contributed by atoms with Crippen LogP contribution in [0.25, 0.3) is 0 Å². The molecular weight excluding hydrogens is 408 g/mol. The van der Waals surface area contributed by atoms with Crippen molar-refractivity contribution >= 4 is 15.9 Å². The number of nitrogens with one attached hydrogen (secondary N) is 1. The molecule has 8 nitrogen and oxygen atoms in total. The number of carbonyl (C=O) groups is 1. The number of rotatable bonds is 12. The second kappa shape index (κ2) is 11.6. The molecule has 1 aromatic heterocycles. The van der Waals surface area contributed by atoms with E-state index >= 15 is 0 Å². The third-order valence-electron chi connectivity index (χ3n) is 4.20. The van der Waals surface area contributed by atoms with Gasteiger partial charge in [0.2, 0.25) is 10.0 Å². The zero-order valence-electron chi connectivity index (χ0n) is 17.2. The van der Waals surface area contributed by atoms with E-state index in [1.807, 2.05) is 11.6 Å². The fourth-order valence-electron chi connectivity index (χ4n) is 2.52. The molecule has 2 N–H and O–H groups in total. The van der Waals surface area contributed by atoms with Crippen LogP contribution in [0.1, 0.15) is 54.4 Å². The topological polar surface area (TPSA) is 115 Å². The largest absolute Gasteiger partial charge is 0.494 e. The summed E-state index contributed by atoms with van der Waals surface area (Å²) in [5, 5.41) is 10.3. The van der Waals surface area contributed by atoms with Gasteiger partial charge in [-0.25, -0.2) is 13.1 Å². The number of amides is 1. The SMILES string of the molecule is CCCCOc1ccc(C(O)CS(=O)(=O)NC(=O)c2ccc(COCC)nc2)cc1. The third kappa shape index (κ3) is 7.74. The van der Waals surface area contributed by atoms with Gasteiger partial charge >= 0.3 is 0 Å². The molecule has 9 heteroatoms. The number of nitrogens with zero attached hydrogens (tertiary/aromatic N) is 1. The highest BCUT2D eigenvalue weighted by Gasteiger charge is 2.22. The number of hydrogen-bond acceptors (Lipinski definition) is 7. The Morgan fingerprint density at radius 2 is 1.90 bits per heavy atom. The lowest BCUT2D eigenvalue weighted by molar-refractivity contribution is 0.0980. The van der Waals surface area contributed by atoms with Crippen LogP contribution in [0.2, 0.25) is 0 Å². The summed E-state index contributed by atoms with van der Waals surface area (Å²) in [6.45, 7) is 5.37. The molecule has 30 heavy (non-hydrogen) atoms. The van der Waals surface area contributed by atoms with E-state index in [9.17, 15) is 18.3 Å². The molecule has 1 heterocycles. The molecule has 0 aliphatic heterocycles. The Balaban J connectivity index is 1.92. The molecule has 0 fully saturated rings. The van der Waals surface area contributed by atoms with Crippen LogP contribution in [0.3, 0.4) is 0 Å². The first kappa shape index (κ1) is 23.8.